The van der Waals surface area contributed by atoms with Crippen molar-refractivity contribution in [2.75, 3.05) is 18.4 Å². The van der Waals surface area contributed by atoms with Crippen molar-refractivity contribution in [3.8, 4) is 0 Å². The maximum Gasteiger partial charge on any atom is 0.287 e. The maximum atomic E-state index is 12.9. The number of carbonyl (C=O) groups excluding carboxylic acids is 1. The van der Waals surface area contributed by atoms with Gasteiger partial charge in [-0.1, -0.05) is 36.4 Å². The number of amides is 1. The van der Waals surface area contributed by atoms with Gasteiger partial charge in [0.05, 0.1) is 18.1 Å². The number of aromatic nitrogens is 1. The van der Waals surface area contributed by atoms with Crippen LogP contribution in [0, 0.1) is 13.7 Å². The van der Waals surface area contributed by atoms with Crippen molar-refractivity contribution in [1.82, 2.24) is 10.3 Å². The number of aliphatic hydroxyl groups is 1. The highest BCUT2D eigenvalue weighted by molar-refractivity contribution is 14.1. The van der Waals surface area contributed by atoms with Crippen LogP contribution in [0.4, 0.5) is 11.5 Å². The van der Waals surface area contributed by atoms with Gasteiger partial charge in [-0.15, -0.1) is 0 Å². The van der Waals surface area contributed by atoms with Gasteiger partial charge in [0.2, 0.25) is 6.29 Å². The average molecular weight is 630 g/mol. The van der Waals surface area contributed by atoms with Crippen molar-refractivity contribution in [2.24, 2.45) is 0 Å². The third-order valence-electron chi connectivity index (χ3n) is 5.90. The topological polar surface area (TPSA) is 136 Å². The minimum atomic E-state index is -0.620. The van der Waals surface area contributed by atoms with E-state index in [1.807, 2.05) is 54.6 Å². The Morgan fingerprint density at radius 1 is 1.11 bits per heavy atom. The molecule has 0 bridgehead atoms. The molecule has 0 saturated heterocycles. The van der Waals surface area contributed by atoms with Crippen LogP contribution >= 0.6 is 22.6 Å². The van der Waals surface area contributed by atoms with Crippen LogP contribution in [0.3, 0.4) is 0 Å². The number of nitrogens with zero attached hydrogens (tertiary/aromatic N) is 2. The van der Waals surface area contributed by atoms with E-state index in [9.17, 15) is 20.0 Å². The lowest BCUT2D eigenvalue weighted by Gasteiger charge is -2.29. The molecule has 4 rings (SSSR count). The molecule has 10 nitrogen and oxygen atoms in total. The predicted molar refractivity (Wildman–Crippen MR) is 149 cm³/mol. The number of nitrogens with one attached hydrogen (secondary N) is 2. The minimum absolute atomic E-state index is 0.0201. The minimum Gasteiger partial charge on any atom is -0.459 e. The molecule has 1 aromatic heterocycles. The van der Waals surface area contributed by atoms with Gasteiger partial charge >= 0.3 is 0 Å². The second-order valence-electron chi connectivity index (χ2n) is 8.60. The highest BCUT2D eigenvalue weighted by Crippen LogP contribution is 2.32. The van der Waals surface area contributed by atoms with Gasteiger partial charge in [-0.3, -0.25) is 14.9 Å². The number of allylic oxidation sites excluding steroid dienone is 1. The van der Waals surface area contributed by atoms with Gasteiger partial charge in [0.15, 0.2) is 5.76 Å². The van der Waals surface area contributed by atoms with Crippen LogP contribution in [0.25, 0.3) is 0 Å². The normalized spacial score (nSPS) is 16.7. The molecule has 0 saturated carbocycles. The van der Waals surface area contributed by atoms with Gasteiger partial charge in [-0.05, 0) is 63.6 Å². The molecule has 0 spiro atoms. The van der Waals surface area contributed by atoms with Crippen molar-refractivity contribution >= 4 is 40.0 Å². The number of halogens is 1. The summed E-state index contributed by atoms with van der Waals surface area (Å²) in [5.74, 6) is 0.233. The van der Waals surface area contributed by atoms with Gasteiger partial charge in [0, 0.05) is 35.1 Å². The molecular weight excluding hydrogens is 603 g/mol. The third-order valence-corrected chi connectivity index (χ3v) is 6.62. The summed E-state index contributed by atoms with van der Waals surface area (Å²) in [6.45, 7) is 0.938. The fourth-order valence-electron chi connectivity index (χ4n) is 3.84. The second kappa shape index (κ2) is 13.3. The van der Waals surface area contributed by atoms with E-state index in [4.69, 9.17) is 9.47 Å². The van der Waals surface area contributed by atoms with Crippen molar-refractivity contribution < 1.29 is 24.3 Å². The van der Waals surface area contributed by atoms with E-state index in [-0.39, 0.29) is 36.4 Å². The molecule has 2 heterocycles. The standard InChI is InChI=1S/C27H27IN4O6/c28-22-7-5-20(6-8-22)21-13-24(38-26(14-21)37-17-19-3-1-18(16-33)2-4-19)27(34)30-12-11-29-25-10-9-23(15-31-25)32(35)36/h1-10,13,15,21,26,33H,11-12,14,16-17H2,(H,29,31)(H,30,34)/t21-,26+/m1/s1. The Labute approximate surface area is 233 Å². The monoisotopic (exact) mass is 630 g/mol. The Bertz CT molecular complexity index is 1270. The summed E-state index contributed by atoms with van der Waals surface area (Å²) in [7, 11) is 0. The number of hydrogen-bond acceptors (Lipinski definition) is 8. The van der Waals surface area contributed by atoms with E-state index < -0.39 is 11.2 Å². The zero-order chi connectivity index (χ0) is 26.9. The molecule has 0 unspecified atom stereocenters. The highest BCUT2D eigenvalue weighted by Gasteiger charge is 2.28. The van der Waals surface area contributed by atoms with Gasteiger partial charge in [0.25, 0.3) is 11.6 Å². The maximum absolute atomic E-state index is 12.9. The summed E-state index contributed by atoms with van der Waals surface area (Å²) in [6, 6.07) is 18.5. The molecule has 2 aromatic carbocycles. The first-order chi connectivity index (χ1) is 18.4. The van der Waals surface area contributed by atoms with E-state index in [0.29, 0.717) is 25.4 Å². The van der Waals surface area contributed by atoms with Gasteiger partial charge < -0.3 is 25.2 Å². The fourth-order valence-corrected chi connectivity index (χ4v) is 4.20. The lowest BCUT2D eigenvalue weighted by molar-refractivity contribution is -0.385. The molecule has 11 heteroatoms. The van der Waals surface area contributed by atoms with Gasteiger partial charge in [0.1, 0.15) is 12.0 Å². The van der Waals surface area contributed by atoms with E-state index in [0.717, 1.165) is 20.3 Å². The number of benzene rings is 2. The van der Waals surface area contributed by atoms with Crippen LogP contribution in [0.2, 0.25) is 0 Å². The Morgan fingerprint density at radius 3 is 2.50 bits per heavy atom. The van der Waals surface area contributed by atoms with E-state index in [2.05, 4.69) is 38.2 Å². The zero-order valence-electron chi connectivity index (χ0n) is 20.4. The molecule has 0 fully saturated rings. The van der Waals surface area contributed by atoms with Gasteiger partial charge in [-0.2, -0.15) is 0 Å². The predicted octanol–water partition coefficient (Wildman–Crippen LogP) is 4.25. The van der Waals surface area contributed by atoms with Crippen LogP contribution in [0.1, 0.15) is 29.0 Å². The first-order valence-corrected chi connectivity index (χ1v) is 13.1. The van der Waals surface area contributed by atoms with Crippen LogP contribution in [-0.2, 0) is 27.5 Å². The smallest absolute Gasteiger partial charge is 0.287 e. The van der Waals surface area contributed by atoms with Crippen molar-refractivity contribution in [1.29, 1.82) is 0 Å². The molecule has 3 aromatic rings. The van der Waals surface area contributed by atoms with Gasteiger partial charge in [-0.25, -0.2) is 4.98 Å². The highest BCUT2D eigenvalue weighted by atomic mass is 127. The van der Waals surface area contributed by atoms with E-state index in [1.165, 1.54) is 18.3 Å². The average Bonchev–Trinajstić information content (AvgIpc) is 2.95. The number of nitro groups is 1. The molecule has 1 aliphatic rings. The summed E-state index contributed by atoms with van der Waals surface area (Å²) < 4.78 is 13.1. The summed E-state index contributed by atoms with van der Waals surface area (Å²) >= 11 is 2.25. The van der Waals surface area contributed by atoms with Crippen molar-refractivity contribution in [2.45, 2.75) is 31.8 Å². The largest absolute Gasteiger partial charge is 0.459 e. The zero-order valence-corrected chi connectivity index (χ0v) is 22.5. The van der Waals surface area contributed by atoms with Crippen LogP contribution in [0.15, 0.2) is 78.7 Å². The van der Waals surface area contributed by atoms with E-state index >= 15 is 0 Å². The Hall–Kier alpha value is -3.55. The lowest BCUT2D eigenvalue weighted by Crippen LogP contribution is -2.35. The summed E-state index contributed by atoms with van der Waals surface area (Å²) in [6.07, 6.45) is 2.93. The fraction of sp³-hybridized carbons (Fsp3) is 0.259. The molecule has 3 N–H and O–H groups in total. The first kappa shape index (κ1) is 27.5. The molecule has 1 amide bonds. The van der Waals surface area contributed by atoms with E-state index in [1.54, 1.807) is 0 Å². The number of hydrogen-bond donors (Lipinski definition) is 3. The van der Waals surface area contributed by atoms with Crippen molar-refractivity contribution in [3.05, 3.63) is 109 Å². The van der Waals surface area contributed by atoms with Crippen molar-refractivity contribution in [3.63, 3.8) is 0 Å². The SMILES string of the molecule is O=C(NCCNc1ccc([N+](=O)[O-])cn1)C1=C[C@@H](c2ccc(I)cc2)C[C@@H](OCc2ccc(CO)cc2)O1. The summed E-state index contributed by atoms with van der Waals surface area (Å²) in [4.78, 5) is 27.2. The molecule has 0 radical (unpaired) electrons. The third kappa shape index (κ3) is 7.73. The molecule has 38 heavy (non-hydrogen) atoms. The number of aliphatic hydroxyl groups excluding tert-OH is 1. The van der Waals surface area contributed by atoms with Crippen LogP contribution < -0.4 is 10.6 Å². The molecule has 2 atom stereocenters. The number of anilines is 1. The Balaban J connectivity index is 1.36. The Morgan fingerprint density at radius 2 is 1.84 bits per heavy atom. The molecular formula is C27H27IN4O6. The number of carbonyl (C=O) groups is 1. The number of ether oxygens (including phenoxy) is 2. The first-order valence-electron chi connectivity index (χ1n) is 12.0. The quantitative estimate of drug-likeness (QED) is 0.124. The van der Waals surface area contributed by atoms with Crippen LogP contribution in [-0.4, -0.2) is 40.3 Å². The number of pyridine rings is 1. The summed E-state index contributed by atoms with van der Waals surface area (Å²) in [5.41, 5.74) is 2.72. The molecule has 0 aliphatic carbocycles. The molecule has 198 valence electrons. The molecule has 1 aliphatic heterocycles. The second-order valence-corrected chi connectivity index (χ2v) is 9.84. The summed E-state index contributed by atoms with van der Waals surface area (Å²) in [5, 5.41) is 25.8. The Kier molecular flexibility index (Phi) is 9.62. The lowest BCUT2D eigenvalue weighted by atomic mass is 9.93. The van der Waals surface area contributed by atoms with Crippen LogP contribution in [0.5, 0.6) is 0 Å². The number of rotatable bonds is 11.